The van der Waals surface area contributed by atoms with Gasteiger partial charge in [-0.2, -0.15) is 0 Å². The van der Waals surface area contributed by atoms with Gasteiger partial charge >= 0.3 is 12.0 Å². The second kappa shape index (κ2) is 6.92. The molecule has 0 aromatic rings. The van der Waals surface area contributed by atoms with Crippen LogP contribution in [0.4, 0.5) is 4.79 Å². The van der Waals surface area contributed by atoms with Gasteiger partial charge in [-0.1, -0.05) is 13.3 Å². The third-order valence-electron chi connectivity index (χ3n) is 4.11. The largest absolute Gasteiger partial charge is 0.480 e. The average Bonchev–Trinajstić information content (AvgIpc) is 2.75. The lowest BCUT2D eigenvalue weighted by Gasteiger charge is -2.31. The summed E-state index contributed by atoms with van der Waals surface area (Å²) in [5.41, 5.74) is -1.19. The molecule has 0 bridgehead atoms. The van der Waals surface area contributed by atoms with Crippen LogP contribution in [-0.2, 0) is 4.79 Å². The van der Waals surface area contributed by atoms with E-state index in [1.165, 1.54) is 0 Å². The Balaban J connectivity index is 2.57. The number of aliphatic carboxylic acids is 1. The number of nitrogens with one attached hydrogen (secondary N) is 1. The highest BCUT2D eigenvalue weighted by Crippen LogP contribution is 2.17. The predicted molar refractivity (Wildman–Crippen MR) is 77.8 cm³/mol. The molecule has 0 aromatic carbocycles. The smallest absolute Gasteiger partial charge is 0.329 e. The van der Waals surface area contributed by atoms with Crippen LogP contribution in [0.3, 0.4) is 0 Å². The Labute approximate surface area is 121 Å². The number of urea groups is 1. The van der Waals surface area contributed by atoms with Crippen LogP contribution in [0.25, 0.3) is 0 Å². The lowest BCUT2D eigenvalue weighted by molar-refractivity contribution is -0.144. The van der Waals surface area contributed by atoms with Crippen molar-refractivity contribution in [1.29, 1.82) is 0 Å². The van der Waals surface area contributed by atoms with Gasteiger partial charge in [-0.15, -0.1) is 0 Å². The normalized spacial score (nSPS) is 22.3. The number of rotatable bonds is 6. The van der Waals surface area contributed by atoms with Crippen LogP contribution in [0.2, 0.25) is 0 Å². The number of carbonyl (C=O) groups is 2. The Bertz CT molecular complexity index is 362. The Morgan fingerprint density at radius 2 is 2.15 bits per heavy atom. The highest BCUT2D eigenvalue weighted by molar-refractivity contribution is 5.85. The Morgan fingerprint density at radius 3 is 2.60 bits per heavy atom. The van der Waals surface area contributed by atoms with Crippen LogP contribution in [0.15, 0.2) is 0 Å². The summed E-state index contributed by atoms with van der Waals surface area (Å²) < 4.78 is 0. The fraction of sp³-hybridized carbons (Fsp3) is 0.857. The van der Waals surface area contributed by atoms with E-state index in [-0.39, 0.29) is 6.03 Å². The number of hydrogen-bond acceptors (Lipinski definition) is 3. The molecule has 1 rings (SSSR count). The van der Waals surface area contributed by atoms with E-state index in [4.69, 9.17) is 0 Å². The van der Waals surface area contributed by atoms with Crippen molar-refractivity contribution in [3.8, 4) is 0 Å². The zero-order valence-electron chi connectivity index (χ0n) is 13.0. The van der Waals surface area contributed by atoms with Gasteiger partial charge in [-0.05, 0) is 39.8 Å². The number of hydrogen-bond donors (Lipinski definition) is 2. The van der Waals surface area contributed by atoms with Crippen molar-refractivity contribution >= 4 is 12.0 Å². The fourth-order valence-corrected chi connectivity index (χ4v) is 2.66. The lowest BCUT2D eigenvalue weighted by atomic mass is 9.96. The maximum absolute atomic E-state index is 12.2. The molecule has 116 valence electrons. The number of carboxylic acid groups (broad SMARTS) is 1. The standard InChI is InChI=1S/C14H27N3O3/c1-5-8-14(2,12(18)19)15-13(20)17(4)10-11-7-6-9-16(11)3/h11H,5-10H2,1-4H3,(H,15,20)(H,18,19). The molecule has 6 heteroatoms. The van der Waals surface area contributed by atoms with Gasteiger partial charge in [0.25, 0.3) is 0 Å². The molecule has 0 aromatic heterocycles. The first-order valence-electron chi connectivity index (χ1n) is 7.27. The highest BCUT2D eigenvalue weighted by Gasteiger charge is 2.35. The zero-order valence-corrected chi connectivity index (χ0v) is 13.0. The van der Waals surface area contributed by atoms with Gasteiger partial charge in [-0.3, -0.25) is 0 Å². The second-order valence-corrected chi connectivity index (χ2v) is 5.97. The minimum Gasteiger partial charge on any atom is -0.480 e. The molecule has 2 amide bonds. The average molecular weight is 285 g/mol. The van der Waals surface area contributed by atoms with E-state index in [0.29, 0.717) is 25.4 Å². The monoisotopic (exact) mass is 285 g/mol. The summed E-state index contributed by atoms with van der Waals surface area (Å²) in [6.45, 7) is 5.16. The summed E-state index contributed by atoms with van der Waals surface area (Å²) in [4.78, 5) is 27.3. The van der Waals surface area contributed by atoms with Crippen LogP contribution in [-0.4, -0.2) is 65.7 Å². The van der Waals surface area contributed by atoms with Crippen molar-refractivity contribution in [2.24, 2.45) is 0 Å². The van der Waals surface area contributed by atoms with Gasteiger partial charge in [0.2, 0.25) is 0 Å². The van der Waals surface area contributed by atoms with Crippen LogP contribution < -0.4 is 5.32 Å². The van der Waals surface area contributed by atoms with E-state index in [2.05, 4.69) is 17.3 Å². The third kappa shape index (κ3) is 4.10. The maximum atomic E-state index is 12.2. The van der Waals surface area contributed by atoms with Gasteiger partial charge in [0.15, 0.2) is 0 Å². The van der Waals surface area contributed by atoms with E-state index in [1.54, 1.807) is 18.9 Å². The molecule has 2 N–H and O–H groups in total. The van der Waals surface area contributed by atoms with Crippen LogP contribution in [0, 0.1) is 0 Å². The summed E-state index contributed by atoms with van der Waals surface area (Å²) in [7, 11) is 3.78. The molecule has 1 heterocycles. The SMILES string of the molecule is CCCC(C)(NC(=O)N(C)CC1CCCN1C)C(=O)O. The van der Waals surface area contributed by atoms with Crippen LogP contribution >= 0.6 is 0 Å². The Morgan fingerprint density at radius 1 is 1.50 bits per heavy atom. The van der Waals surface area contributed by atoms with Gasteiger partial charge in [0, 0.05) is 19.6 Å². The van der Waals surface area contributed by atoms with Crippen molar-refractivity contribution in [2.45, 2.75) is 51.1 Å². The van der Waals surface area contributed by atoms with Crippen molar-refractivity contribution < 1.29 is 14.7 Å². The van der Waals surface area contributed by atoms with E-state index < -0.39 is 11.5 Å². The third-order valence-corrected chi connectivity index (χ3v) is 4.11. The number of nitrogens with zero attached hydrogens (tertiary/aromatic N) is 2. The lowest BCUT2D eigenvalue weighted by Crippen LogP contribution is -2.56. The minimum atomic E-state index is -1.19. The van der Waals surface area contributed by atoms with Crippen LogP contribution in [0.5, 0.6) is 0 Å². The number of carbonyl (C=O) groups excluding carboxylic acids is 1. The number of carboxylic acids is 1. The first-order valence-corrected chi connectivity index (χ1v) is 7.27. The van der Waals surface area contributed by atoms with Crippen molar-refractivity contribution in [1.82, 2.24) is 15.1 Å². The molecular weight excluding hydrogens is 258 g/mol. The molecule has 0 radical (unpaired) electrons. The van der Waals surface area contributed by atoms with E-state index >= 15 is 0 Å². The summed E-state index contributed by atoms with van der Waals surface area (Å²) in [5, 5.41) is 11.9. The van der Waals surface area contributed by atoms with Gasteiger partial charge in [-0.25, -0.2) is 9.59 Å². The fourth-order valence-electron chi connectivity index (χ4n) is 2.66. The van der Waals surface area contributed by atoms with Crippen molar-refractivity contribution in [3.05, 3.63) is 0 Å². The zero-order chi connectivity index (χ0) is 15.3. The summed E-state index contributed by atoms with van der Waals surface area (Å²) in [6.07, 6.45) is 3.36. The molecule has 1 aliphatic heterocycles. The molecule has 6 nitrogen and oxygen atoms in total. The number of likely N-dealkylation sites (tertiary alicyclic amines) is 1. The number of amides is 2. The molecule has 1 saturated heterocycles. The first kappa shape index (κ1) is 16.8. The molecule has 0 aliphatic carbocycles. The quantitative estimate of drug-likeness (QED) is 0.773. The molecule has 2 unspecified atom stereocenters. The van der Waals surface area contributed by atoms with Crippen molar-refractivity contribution in [3.63, 3.8) is 0 Å². The van der Waals surface area contributed by atoms with Gasteiger partial charge in [0.05, 0.1) is 0 Å². The van der Waals surface area contributed by atoms with E-state index in [0.717, 1.165) is 19.4 Å². The molecule has 1 fully saturated rings. The Hall–Kier alpha value is -1.30. The highest BCUT2D eigenvalue weighted by atomic mass is 16.4. The summed E-state index contributed by atoms with van der Waals surface area (Å²) in [6, 6.07) is 0.0525. The number of likely N-dealkylation sites (N-methyl/N-ethyl adjacent to an activating group) is 2. The summed E-state index contributed by atoms with van der Waals surface area (Å²) in [5.74, 6) is -0.987. The van der Waals surface area contributed by atoms with Gasteiger partial charge in [0.1, 0.15) is 5.54 Å². The van der Waals surface area contributed by atoms with Crippen molar-refractivity contribution in [2.75, 3.05) is 27.2 Å². The molecule has 1 aliphatic rings. The van der Waals surface area contributed by atoms with Gasteiger partial charge < -0.3 is 20.2 Å². The van der Waals surface area contributed by atoms with E-state index in [1.807, 2.05) is 6.92 Å². The molecular formula is C14H27N3O3. The molecule has 20 heavy (non-hydrogen) atoms. The van der Waals surface area contributed by atoms with E-state index in [9.17, 15) is 14.7 Å². The molecule has 0 saturated carbocycles. The predicted octanol–water partition coefficient (Wildman–Crippen LogP) is 1.37. The topological polar surface area (TPSA) is 72.9 Å². The molecule has 0 spiro atoms. The second-order valence-electron chi connectivity index (χ2n) is 5.97. The minimum absolute atomic E-state index is 0.316. The molecule has 2 atom stereocenters. The van der Waals surface area contributed by atoms with Crippen LogP contribution in [0.1, 0.15) is 39.5 Å². The summed E-state index contributed by atoms with van der Waals surface area (Å²) >= 11 is 0. The first-order chi connectivity index (χ1) is 9.30. The maximum Gasteiger partial charge on any atom is 0.329 e. The Kier molecular flexibility index (Phi) is 5.80.